The van der Waals surface area contributed by atoms with Gasteiger partial charge in [0.25, 0.3) is 0 Å². The first-order valence-corrected chi connectivity index (χ1v) is 5.46. The van der Waals surface area contributed by atoms with Crippen molar-refractivity contribution in [3.05, 3.63) is 23.8 Å². The lowest BCUT2D eigenvalue weighted by molar-refractivity contribution is 0.450. The van der Waals surface area contributed by atoms with Gasteiger partial charge in [0, 0.05) is 0 Å². The largest absolute Gasteiger partial charge is 0.330 e. The van der Waals surface area contributed by atoms with Gasteiger partial charge in [-0.2, -0.15) is 0 Å². The van der Waals surface area contributed by atoms with Crippen molar-refractivity contribution in [1.29, 1.82) is 0 Å². The lowest BCUT2D eigenvalue weighted by Crippen LogP contribution is -2.13. The Balaban J connectivity index is 2.03. The highest BCUT2D eigenvalue weighted by atomic mass is 14.5. The Labute approximate surface area is 80.7 Å². The van der Waals surface area contributed by atoms with Crippen molar-refractivity contribution in [1.82, 2.24) is 0 Å². The molecule has 1 fully saturated rings. The first-order chi connectivity index (χ1) is 6.40. The molecule has 0 amide bonds. The maximum atomic E-state index is 5.73. The summed E-state index contributed by atoms with van der Waals surface area (Å²) in [6.45, 7) is 0.882. The third-order valence-corrected chi connectivity index (χ3v) is 3.49. The zero-order chi connectivity index (χ0) is 9.10. The molecule has 2 rings (SSSR count). The zero-order valence-electron chi connectivity index (χ0n) is 8.21. The van der Waals surface area contributed by atoms with Gasteiger partial charge in [-0.1, -0.05) is 23.8 Å². The standard InChI is InChI=1S/C12H19N/c13-9-10-5-7-11-3-1-2-4-12(11)8-6-10/h1-3,10,12H,4-9,13H2. The predicted molar refractivity (Wildman–Crippen MR) is 56.3 cm³/mol. The van der Waals surface area contributed by atoms with Crippen molar-refractivity contribution in [3.63, 3.8) is 0 Å². The molecule has 2 N–H and O–H groups in total. The Bertz CT molecular complexity index is 227. The molecule has 2 aliphatic carbocycles. The molecule has 1 nitrogen and oxygen atoms in total. The SMILES string of the molecule is NCC1CCC2=CC=CCC2CC1. The highest BCUT2D eigenvalue weighted by Crippen LogP contribution is 2.34. The zero-order valence-corrected chi connectivity index (χ0v) is 8.21. The lowest BCUT2D eigenvalue weighted by Gasteiger charge is -2.18. The van der Waals surface area contributed by atoms with Crippen LogP contribution >= 0.6 is 0 Å². The molecule has 0 aliphatic heterocycles. The molecule has 0 aromatic heterocycles. The summed E-state index contributed by atoms with van der Waals surface area (Å²) in [5, 5.41) is 0. The van der Waals surface area contributed by atoms with Gasteiger partial charge in [0.2, 0.25) is 0 Å². The number of hydrogen-bond donors (Lipinski definition) is 1. The first-order valence-electron chi connectivity index (χ1n) is 5.46. The van der Waals surface area contributed by atoms with Gasteiger partial charge in [-0.05, 0) is 50.5 Å². The second kappa shape index (κ2) is 4.10. The minimum Gasteiger partial charge on any atom is -0.330 e. The lowest BCUT2D eigenvalue weighted by atomic mass is 9.88. The first kappa shape index (κ1) is 9.01. The normalized spacial score (nSPS) is 33.5. The molecule has 0 spiro atoms. The van der Waals surface area contributed by atoms with E-state index in [0.29, 0.717) is 0 Å². The van der Waals surface area contributed by atoms with Crippen molar-refractivity contribution in [2.24, 2.45) is 17.6 Å². The van der Waals surface area contributed by atoms with E-state index < -0.39 is 0 Å². The van der Waals surface area contributed by atoms with Gasteiger partial charge in [0.15, 0.2) is 0 Å². The van der Waals surface area contributed by atoms with E-state index in [1.807, 2.05) is 0 Å². The number of rotatable bonds is 1. The summed E-state index contributed by atoms with van der Waals surface area (Å²) in [4.78, 5) is 0. The Morgan fingerprint density at radius 1 is 1.31 bits per heavy atom. The molecular weight excluding hydrogens is 158 g/mol. The maximum absolute atomic E-state index is 5.73. The molecule has 2 atom stereocenters. The number of allylic oxidation sites excluding steroid dienone is 4. The number of hydrogen-bond acceptors (Lipinski definition) is 1. The van der Waals surface area contributed by atoms with E-state index in [4.69, 9.17) is 5.73 Å². The van der Waals surface area contributed by atoms with E-state index in [2.05, 4.69) is 18.2 Å². The fraction of sp³-hybridized carbons (Fsp3) is 0.667. The Hall–Kier alpha value is -0.560. The third-order valence-electron chi connectivity index (χ3n) is 3.49. The van der Waals surface area contributed by atoms with Crippen LogP contribution in [0.25, 0.3) is 0 Å². The summed E-state index contributed by atoms with van der Waals surface area (Å²) < 4.78 is 0. The molecule has 72 valence electrons. The van der Waals surface area contributed by atoms with Crippen molar-refractivity contribution >= 4 is 0 Å². The highest BCUT2D eigenvalue weighted by Gasteiger charge is 2.21. The van der Waals surface area contributed by atoms with Crippen LogP contribution in [0.3, 0.4) is 0 Å². The molecule has 0 aromatic rings. The Morgan fingerprint density at radius 3 is 3.08 bits per heavy atom. The van der Waals surface area contributed by atoms with Crippen LogP contribution in [0, 0.1) is 11.8 Å². The van der Waals surface area contributed by atoms with Crippen LogP contribution in [0.5, 0.6) is 0 Å². The monoisotopic (exact) mass is 177 g/mol. The number of fused-ring (bicyclic) bond motifs is 1. The molecule has 0 saturated heterocycles. The van der Waals surface area contributed by atoms with E-state index in [9.17, 15) is 0 Å². The van der Waals surface area contributed by atoms with Crippen LogP contribution < -0.4 is 5.73 Å². The topological polar surface area (TPSA) is 26.0 Å². The third kappa shape index (κ3) is 2.02. The molecule has 2 aliphatic rings. The van der Waals surface area contributed by atoms with E-state index in [1.165, 1.54) is 32.1 Å². The fourth-order valence-electron chi connectivity index (χ4n) is 2.50. The summed E-state index contributed by atoms with van der Waals surface area (Å²) in [5.74, 6) is 1.63. The summed E-state index contributed by atoms with van der Waals surface area (Å²) >= 11 is 0. The quantitative estimate of drug-likeness (QED) is 0.654. The van der Waals surface area contributed by atoms with E-state index >= 15 is 0 Å². The van der Waals surface area contributed by atoms with Gasteiger partial charge >= 0.3 is 0 Å². The van der Waals surface area contributed by atoms with Crippen LogP contribution in [0.15, 0.2) is 23.8 Å². The van der Waals surface area contributed by atoms with Crippen LogP contribution in [-0.2, 0) is 0 Å². The van der Waals surface area contributed by atoms with Crippen molar-refractivity contribution in [2.75, 3.05) is 6.54 Å². The Morgan fingerprint density at radius 2 is 2.23 bits per heavy atom. The van der Waals surface area contributed by atoms with Gasteiger partial charge in [0.05, 0.1) is 0 Å². The van der Waals surface area contributed by atoms with Gasteiger partial charge < -0.3 is 5.73 Å². The van der Waals surface area contributed by atoms with Crippen LogP contribution in [0.1, 0.15) is 32.1 Å². The smallest absolute Gasteiger partial charge is 0.00487 e. The van der Waals surface area contributed by atoms with Gasteiger partial charge in [0.1, 0.15) is 0 Å². The molecule has 0 heterocycles. The molecule has 2 unspecified atom stereocenters. The number of nitrogens with two attached hydrogens (primary N) is 1. The molecule has 1 heteroatoms. The van der Waals surface area contributed by atoms with Crippen molar-refractivity contribution in [2.45, 2.75) is 32.1 Å². The molecule has 1 saturated carbocycles. The highest BCUT2D eigenvalue weighted by molar-refractivity contribution is 5.21. The van der Waals surface area contributed by atoms with Crippen LogP contribution in [0.4, 0.5) is 0 Å². The summed E-state index contributed by atoms with van der Waals surface area (Å²) in [6, 6.07) is 0. The second-order valence-electron chi connectivity index (χ2n) is 4.32. The molecule has 13 heavy (non-hydrogen) atoms. The second-order valence-corrected chi connectivity index (χ2v) is 4.32. The minimum absolute atomic E-state index is 0.784. The molecule has 0 aromatic carbocycles. The van der Waals surface area contributed by atoms with E-state index in [1.54, 1.807) is 5.57 Å². The predicted octanol–water partition coefficient (Wildman–Crippen LogP) is 2.64. The summed E-state index contributed by atoms with van der Waals surface area (Å²) in [5.41, 5.74) is 7.41. The van der Waals surface area contributed by atoms with E-state index in [0.717, 1.165) is 18.4 Å². The van der Waals surface area contributed by atoms with Crippen LogP contribution in [-0.4, -0.2) is 6.54 Å². The fourth-order valence-corrected chi connectivity index (χ4v) is 2.50. The molecule has 0 radical (unpaired) electrons. The van der Waals surface area contributed by atoms with Crippen molar-refractivity contribution in [3.8, 4) is 0 Å². The van der Waals surface area contributed by atoms with Crippen molar-refractivity contribution < 1.29 is 0 Å². The Kier molecular flexibility index (Phi) is 2.84. The minimum atomic E-state index is 0.784. The van der Waals surface area contributed by atoms with Gasteiger partial charge in [-0.25, -0.2) is 0 Å². The summed E-state index contributed by atoms with van der Waals surface area (Å²) in [6.07, 6.45) is 13.4. The van der Waals surface area contributed by atoms with E-state index in [-0.39, 0.29) is 0 Å². The van der Waals surface area contributed by atoms with Gasteiger partial charge in [-0.3, -0.25) is 0 Å². The maximum Gasteiger partial charge on any atom is -0.00487 e. The summed E-state index contributed by atoms with van der Waals surface area (Å²) in [7, 11) is 0. The molecular formula is C12H19N. The van der Waals surface area contributed by atoms with Gasteiger partial charge in [-0.15, -0.1) is 0 Å². The average Bonchev–Trinajstić information content (AvgIpc) is 2.39. The van der Waals surface area contributed by atoms with Crippen LogP contribution in [0.2, 0.25) is 0 Å². The average molecular weight is 177 g/mol. The molecule has 0 bridgehead atoms.